The van der Waals surface area contributed by atoms with Crippen molar-refractivity contribution in [3.8, 4) is 0 Å². The third-order valence-corrected chi connectivity index (χ3v) is 1.98. The van der Waals surface area contributed by atoms with Gasteiger partial charge in [-0.05, 0) is 32.1 Å². The lowest BCUT2D eigenvalue weighted by molar-refractivity contribution is 0.0520. The fourth-order valence-electron chi connectivity index (χ4n) is 1.28. The van der Waals surface area contributed by atoms with Crippen LogP contribution in [0.2, 0.25) is 0 Å². The van der Waals surface area contributed by atoms with Crippen LogP contribution in [0.25, 0.3) is 12.2 Å². The Morgan fingerprint density at radius 1 is 1.38 bits per heavy atom. The number of hydrogen-bond acceptors (Lipinski definition) is 2. The van der Waals surface area contributed by atoms with E-state index in [-0.39, 0.29) is 5.97 Å². The molecular formula is C13H21NO2. The van der Waals surface area contributed by atoms with Gasteiger partial charge in [0.05, 0.1) is 6.61 Å². The van der Waals surface area contributed by atoms with Crippen LogP contribution in [0, 0.1) is 0 Å². The zero-order valence-electron chi connectivity index (χ0n) is 10.8. The number of carbonyl (C=O) groups is 1. The molecule has 1 N–H and O–H groups in total. The molecule has 0 bridgehead atoms. The summed E-state index contributed by atoms with van der Waals surface area (Å²) in [6.07, 6.45) is 3.88. The minimum atomic E-state index is -0.302. The van der Waals surface area contributed by atoms with Crippen molar-refractivity contribution in [2.45, 2.75) is 34.6 Å². The van der Waals surface area contributed by atoms with Crippen molar-refractivity contribution in [2.24, 2.45) is 0 Å². The van der Waals surface area contributed by atoms with Crippen LogP contribution in [0.3, 0.4) is 0 Å². The molecule has 3 heteroatoms. The molecule has 1 rings (SSSR count). The molecule has 0 spiro atoms. The van der Waals surface area contributed by atoms with Crippen molar-refractivity contribution in [1.29, 1.82) is 0 Å². The monoisotopic (exact) mass is 223 g/mol. The highest BCUT2D eigenvalue weighted by Gasteiger charge is 2.07. The van der Waals surface area contributed by atoms with E-state index in [4.69, 9.17) is 4.74 Å². The van der Waals surface area contributed by atoms with E-state index < -0.39 is 0 Å². The Labute approximate surface area is 96.8 Å². The summed E-state index contributed by atoms with van der Waals surface area (Å²) in [6, 6.07) is 1.80. The molecule has 0 atom stereocenters. The Morgan fingerprint density at radius 3 is 2.38 bits per heavy atom. The van der Waals surface area contributed by atoms with Crippen LogP contribution < -0.4 is 10.6 Å². The Balaban J connectivity index is 0.00000106. The molecule has 0 fully saturated rings. The molecule has 0 radical (unpaired) electrons. The van der Waals surface area contributed by atoms with Crippen molar-refractivity contribution in [1.82, 2.24) is 4.98 Å². The van der Waals surface area contributed by atoms with Gasteiger partial charge in [0, 0.05) is 5.35 Å². The second-order valence-electron chi connectivity index (χ2n) is 2.85. The van der Waals surface area contributed by atoms with Crippen LogP contribution in [-0.2, 0) is 4.74 Å². The molecule has 1 aromatic heterocycles. The SMILES string of the molecule is C/C=c1/cc(C(=O)OCC)[nH]/c1=C/C.CC. The highest BCUT2D eigenvalue weighted by atomic mass is 16.5. The molecule has 90 valence electrons. The lowest BCUT2D eigenvalue weighted by Gasteiger charge is -1.96. The second-order valence-corrected chi connectivity index (χ2v) is 2.85. The van der Waals surface area contributed by atoms with Gasteiger partial charge in [-0.3, -0.25) is 0 Å². The summed E-state index contributed by atoms with van der Waals surface area (Å²) in [7, 11) is 0. The van der Waals surface area contributed by atoms with Crippen LogP contribution in [0.1, 0.15) is 45.1 Å². The van der Waals surface area contributed by atoms with Gasteiger partial charge in [0.15, 0.2) is 0 Å². The maximum Gasteiger partial charge on any atom is 0.354 e. The van der Waals surface area contributed by atoms with Crippen LogP contribution in [0.15, 0.2) is 6.07 Å². The molecule has 0 aliphatic rings. The molecule has 0 saturated heterocycles. The average Bonchev–Trinajstić information content (AvgIpc) is 2.75. The fraction of sp³-hybridized carbons (Fsp3) is 0.462. The maximum absolute atomic E-state index is 11.4. The number of hydrogen-bond donors (Lipinski definition) is 1. The minimum Gasteiger partial charge on any atom is -0.461 e. The number of aromatic amines is 1. The first-order valence-corrected chi connectivity index (χ1v) is 5.71. The standard InChI is InChI=1S/C11H15NO2.C2H6/c1-4-8-7-10(11(13)14-6-3)12-9(8)5-2;1-2/h4-5,7,12H,6H2,1-3H3;1-2H3/b8-4-,9-5+;. The van der Waals surface area contributed by atoms with E-state index >= 15 is 0 Å². The normalized spacial score (nSPS) is 12.1. The molecule has 0 aliphatic heterocycles. The van der Waals surface area contributed by atoms with Gasteiger partial charge in [-0.25, -0.2) is 4.79 Å². The first kappa shape index (κ1) is 14.5. The summed E-state index contributed by atoms with van der Waals surface area (Å²) in [5, 5.41) is 1.98. The first-order chi connectivity index (χ1) is 7.72. The zero-order chi connectivity index (χ0) is 12.6. The quantitative estimate of drug-likeness (QED) is 0.777. The van der Waals surface area contributed by atoms with E-state index in [9.17, 15) is 4.79 Å². The van der Waals surface area contributed by atoms with Gasteiger partial charge in [-0.1, -0.05) is 26.0 Å². The molecular weight excluding hydrogens is 202 g/mol. The van der Waals surface area contributed by atoms with Crippen LogP contribution >= 0.6 is 0 Å². The first-order valence-electron chi connectivity index (χ1n) is 5.71. The van der Waals surface area contributed by atoms with E-state index in [1.54, 1.807) is 13.0 Å². The largest absolute Gasteiger partial charge is 0.461 e. The Bertz CT molecular complexity index is 398. The Hall–Kier alpha value is -1.51. The number of nitrogens with one attached hydrogen (secondary N) is 1. The summed E-state index contributed by atoms with van der Waals surface area (Å²) in [5.74, 6) is -0.302. The van der Waals surface area contributed by atoms with Crippen LogP contribution in [-0.4, -0.2) is 17.6 Å². The summed E-state index contributed by atoms with van der Waals surface area (Å²) in [6.45, 7) is 10.0. The molecule has 3 nitrogen and oxygen atoms in total. The van der Waals surface area contributed by atoms with Gasteiger partial charge in [-0.2, -0.15) is 0 Å². The molecule has 0 aromatic carbocycles. The van der Waals surface area contributed by atoms with E-state index in [1.807, 2.05) is 39.8 Å². The van der Waals surface area contributed by atoms with Crippen molar-refractivity contribution in [3.63, 3.8) is 0 Å². The molecule has 0 saturated carbocycles. The minimum absolute atomic E-state index is 0.302. The number of aromatic nitrogens is 1. The average molecular weight is 223 g/mol. The molecule has 0 amide bonds. The lowest BCUT2D eigenvalue weighted by Crippen LogP contribution is -2.20. The number of H-pyrrole nitrogens is 1. The number of ether oxygens (including phenoxy) is 1. The number of esters is 1. The lowest BCUT2D eigenvalue weighted by atomic mass is 10.3. The second kappa shape index (κ2) is 7.74. The van der Waals surface area contributed by atoms with Gasteiger partial charge in [0.1, 0.15) is 5.69 Å². The van der Waals surface area contributed by atoms with E-state index in [0.29, 0.717) is 12.3 Å². The molecule has 0 aliphatic carbocycles. The summed E-state index contributed by atoms with van der Waals surface area (Å²) in [4.78, 5) is 14.4. The van der Waals surface area contributed by atoms with E-state index in [0.717, 1.165) is 10.6 Å². The van der Waals surface area contributed by atoms with Gasteiger partial charge in [-0.15, -0.1) is 0 Å². The third-order valence-electron chi connectivity index (χ3n) is 1.98. The highest BCUT2D eigenvalue weighted by Crippen LogP contribution is 1.91. The Morgan fingerprint density at radius 2 is 2.00 bits per heavy atom. The third kappa shape index (κ3) is 3.57. The van der Waals surface area contributed by atoms with Crippen molar-refractivity contribution >= 4 is 18.1 Å². The van der Waals surface area contributed by atoms with Gasteiger partial charge >= 0.3 is 5.97 Å². The number of carbonyl (C=O) groups excluding carboxylic acids is 1. The Kier molecular flexibility index (Phi) is 7.01. The van der Waals surface area contributed by atoms with E-state index in [1.165, 1.54) is 0 Å². The van der Waals surface area contributed by atoms with Crippen molar-refractivity contribution in [2.75, 3.05) is 6.61 Å². The topological polar surface area (TPSA) is 42.1 Å². The zero-order valence-corrected chi connectivity index (χ0v) is 10.8. The maximum atomic E-state index is 11.4. The van der Waals surface area contributed by atoms with Crippen LogP contribution in [0.5, 0.6) is 0 Å². The van der Waals surface area contributed by atoms with Gasteiger partial charge in [0.2, 0.25) is 0 Å². The smallest absolute Gasteiger partial charge is 0.354 e. The van der Waals surface area contributed by atoms with Crippen molar-refractivity contribution in [3.05, 3.63) is 22.3 Å². The van der Waals surface area contributed by atoms with E-state index in [2.05, 4.69) is 4.98 Å². The predicted octanol–water partition coefficient (Wildman–Crippen LogP) is 1.82. The van der Waals surface area contributed by atoms with Crippen molar-refractivity contribution < 1.29 is 9.53 Å². The molecule has 16 heavy (non-hydrogen) atoms. The van der Waals surface area contributed by atoms with Gasteiger partial charge < -0.3 is 9.72 Å². The summed E-state index contributed by atoms with van der Waals surface area (Å²) >= 11 is 0. The van der Waals surface area contributed by atoms with Crippen LogP contribution in [0.4, 0.5) is 0 Å². The highest BCUT2D eigenvalue weighted by molar-refractivity contribution is 5.87. The number of rotatable bonds is 2. The molecule has 1 heterocycles. The summed E-state index contributed by atoms with van der Waals surface area (Å²) in [5.41, 5.74) is 0.507. The fourth-order valence-corrected chi connectivity index (χ4v) is 1.28. The molecule has 1 aromatic rings. The molecule has 0 unspecified atom stereocenters. The predicted molar refractivity (Wildman–Crippen MR) is 67.6 cm³/mol. The van der Waals surface area contributed by atoms with Gasteiger partial charge in [0.25, 0.3) is 0 Å². The summed E-state index contributed by atoms with van der Waals surface area (Å²) < 4.78 is 4.89.